The fraction of sp³-hybridized carbons (Fsp3) is 0.154. The summed E-state index contributed by atoms with van der Waals surface area (Å²) in [6.45, 7) is 7.72. The number of carbonyl (C=O) groups excluding carboxylic acids is 2. The first-order valence-corrected chi connectivity index (χ1v) is 10.1. The average Bonchev–Trinajstić information content (AvgIpc) is 2.98. The number of benzene rings is 3. The zero-order chi connectivity index (χ0) is 22.3. The van der Waals surface area contributed by atoms with Gasteiger partial charge in [0.05, 0.1) is 11.3 Å². The lowest BCUT2D eigenvalue weighted by Crippen LogP contribution is -2.33. The Hall–Kier alpha value is -3.73. The molecule has 3 aromatic carbocycles. The number of hydrogen-bond acceptors (Lipinski definition) is 3. The van der Waals surface area contributed by atoms with Gasteiger partial charge in [0.1, 0.15) is 11.5 Å². The summed E-state index contributed by atoms with van der Waals surface area (Å²) in [5, 5.41) is 3.20. The standard InChI is InChI=1S/C26H23FN2O2/c1-15-8-9-17(3)22(14-15)29-25(30)23(19-10-12-20(27)13-11-19)24(26(29)31)28-21-7-5-6-16(2)18(21)4/h5-14,28H,1-4H3. The first-order valence-electron chi connectivity index (χ1n) is 10.1. The topological polar surface area (TPSA) is 49.4 Å². The Morgan fingerprint density at radius 3 is 2.23 bits per heavy atom. The number of anilines is 2. The summed E-state index contributed by atoms with van der Waals surface area (Å²) in [7, 11) is 0. The van der Waals surface area contributed by atoms with Crippen molar-refractivity contribution in [1.29, 1.82) is 0 Å². The Bertz CT molecular complexity index is 1240. The molecule has 0 fully saturated rings. The Balaban J connectivity index is 1.88. The van der Waals surface area contributed by atoms with Gasteiger partial charge in [-0.25, -0.2) is 9.29 Å². The van der Waals surface area contributed by atoms with E-state index in [1.54, 1.807) is 0 Å². The van der Waals surface area contributed by atoms with Gasteiger partial charge in [0, 0.05) is 5.69 Å². The van der Waals surface area contributed by atoms with Crippen LogP contribution in [-0.2, 0) is 9.59 Å². The molecule has 5 heteroatoms. The van der Waals surface area contributed by atoms with E-state index in [-0.39, 0.29) is 11.3 Å². The van der Waals surface area contributed by atoms with Gasteiger partial charge in [0.2, 0.25) is 0 Å². The van der Waals surface area contributed by atoms with E-state index in [0.29, 0.717) is 11.3 Å². The van der Waals surface area contributed by atoms with Crippen LogP contribution in [0.3, 0.4) is 0 Å². The molecule has 0 saturated carbocycles. The van der Waals surface area contributed by atoms with Crippen molar-refractivity contribution in [3.63, 3.8) is 0 Å². The highest BCUT2D eigenvalue weighted by molar-refractivity contribution is 6.46. The Labute approximate surface area is 181 Å². The number of nitrogens with one attached hydrogen (secondary N) is 1. The normalized spacial score (nSPS) is 13.9. The van der Waals surface area contributed by atoms with Crippen LogP contribution in [0.5, 0.6) is 0 Å². The van der Waals surface area contributed by atoms with E-state index in [1.165, 1.54) is 29.2 Å². The number of amides is 2. The largest absolute Gasteiger partial charge is 0.350 e. The Morgan fingerprint density at radius 2 is 1.52 bits per heavy atom. The lowest BCUT2D eigenvalue weighted by Gasteiger charge is -2.19. The van der Waals surface area contributed by atoms with Gasteiger partial charge in [-0.1, -0.05) is 36.4 Å². The number of imide groups is 1. The lowest BCUT2D eigenvalue weighted by atomic mass is 10.0. The van der Waals surface area contributed by atoms with E-state index in [2.05, 4.69) is 5.32 Å². The summed E-state index contributed by atoms with van der Waals surface area (Å²) in [4.78, 5) is 28.3. The van der Waals surface area contributed by atoms with E-state index in [4.69, 9.17) is 0 Å². The van der Waals surface area contributed by atoms with Gasteiger partial charge in [-0.2, -0.15) is 0 Å². The summed E-state index contributed by atoms with van der Waals surface area (Å²) in [6, 6.07) is 17.0. The van der Waals surface area contributed by atoms with E-state index in [0.717, 1.165) is 27.9 Å². The maximum Gasteiger partial charge on any atom is 0.282 e. The lowest BCUT2D eigenvalue weighted by molar-refractivity contribution is -0.120. The van der Waals surface area contributed by atoms with Gasteiger partial charge >= 0.3 is 0 Å². The third kappa shape index (κ3) is 3.63. The van der Waals surface area contributed by atoms with Crippen LogP contribution >= 0.6 is 0 Å². The smallest absolute Gasteiger partial charge is 0.282 e. The van der Waals surface area contributed by atoms with Crippen molar-refractivity contribution in [3.8, 4) is 0 Å². The average molecular weight is 414 g/mol. The molecule has 0 aliphatic carbocycles. The quantitative estimate of drug-likeness (QED) is 0.577. The minimum atomic E-state index is -0.432. The van der Waals surface area contributed by atoms with Gasteiger partial charge in [-0.3, -0.25) is 9.59 Å². The monoisotopic (exact) mass is 414 g/mol. The maximum atomic E-state index is 13.5. The minimum absolute atomic E-state index is 0.186. The van der Waals surface area contributed by atoms with E-state index in [1.807, 2.05) is 64.1 Å². The highest BCUT2D eigenvalue weighted by Crippen LogP contribution is 2.36. The predicted octanol–water partition coefficient (Wildman–Crippen LogP) is 5.46. The molecule has 1 aliphatic rings. The van der Waals surface area contributed by atoms with Crippen LogP contribution in [0.2, 0.25) is 0 Å². The van der Waals surface area contributed by atoms with E-state index < -0.39 is 17.6 Å². The maximum absolute atomic E-state index is 13.5. The van der Waals surface area contributed by atoms with Gasteiger partial charge in [-0.05, 0) is 79.8 Å². The highest BCUT2D eigenvalue weighted by atomic mass is 19.1. The summed E-state index contributed by atoms with van der Waals surface area (Å²) >= 11 is 0. The fourth-order valence-electron chi connectivity index (χ4n) is 3.73. The first kappa shape index (κ1) is 20.5. The van der Waals surface area contributed by atoms with Crippen molar-refractivity contribution >= 4 is 28.8 Å². The molecule has 2 amide bonds. The van der Waals surface area contributed by atoms with Crippen molar-refractivity contribution in [3.05, 3.63) is 100.0 Å². The molecular formula is C26H23FN2O2. The third-order valence-electron chi connectivity index (χ3n) is 5.69. The molecule has 1 heterocycles. The number of carbonyl (C=O) groups is 2. The van der Waals surface area contributed by atoms with E-state index in [9.17, 15) is 14.0 Å². The molecule has 0 atom stereocenters. The molecular weight excluding hydrogens is 391 g/mol. The molecule has 0 bridgehead atoms. The molecule has 4 rings (SSSR count). The first-order chi connectivity index (χ1) is 14.8. The molecule has 0 aromatic heterocycles. The molecule has 156 valence electrons. The van der Waals surface area contributed by atoms with Crippen molar-refractivity contribution in [2.24, 2.45) is 0 Å². The summed E-state index contributed by atoms with van der Waals surface area (Å²) in [5.41, 5.74) is 6.01. The molecule has 4 nitrogen and oxygen atoms in total. The second-order valence-electron chi connectivity index (χ2n) is 7.87. The van der Waals surface area contributed by atoms with Gasteiger partial charge in [-0.15, -0.1) is 0 Å². The molecule has 31 heavy (non-hydrogen) atoms. The number of rotatable bonds is 4. The predicted molar refractivity (Wildman–Crippen MR) is 121 cm³/mol. The zero-order valence-corrected chi connectivity index (χ0v) is 17.9. The van der Waals surface area contributed by atoms with Gasteiger partial charge in [0.15, 0.2) is 0 Å². The Morgan fingerprint density at radius 1 is 0.806 bits per heavy atom. The molecule has 0 saturated heterocycles. The van der Waals surface area contributed by atoms with Crippen LogP contribution < -0.4 is 10.2 Å². The minimum Gasteiger partial charge on any atom is -0.350 e. The summed E-state index contributed by atoms with van der Waals surface area (Å²) in [6.07, 6.45) is 0. The molecule has 0 radical (unpaired) electrons. The van der Waals surface area contributed by atoms with E-state index >= 15 is 0 Å². The van der Waals surface area contributed by atoms with Crippen LogP contribution in [0, 0.1) is 33.5 Å². The van der Waals surface area contributed by atoms with Gasteiger partial charge < -0.3 is 5.32 Å². The number of hydrogen-bond donors (Lipinski definition) is 1. The second-order valence-corrected chi connectivity index (χ2v) is 7.87. The molecule has 1 aliphatic heterocycles. The van der Waals surface area contributed by atoms with Crippen LogP contribution in [0.1, 0.15) is 27.8 Å². The summed E-state index contributed by atoms with van der Waals surface area (Å²) in [5.74, 6) is -1.27. The van der Waals surface area contributed by atoms with Crippen molar-refractivity contribution in [2.75, 3.05) is 10.2 Å². The fourth-order valence-corrected chi connectivity index (χ4v) is 3.73. The summed E-state index contributed by atoms with van der Waals surface area (Å²) < 4.78 is 13.5. The zero-order valence-electron chi connectivity index (χ0n) is 17.9. The number of halogens is 1. The molecule has 1 N–H and O–H groups in total. The van der Waals surface area contributed by atoms with Crippen LogP contribution in [0.15, 0.2) is 66.4 Å². The Kier molecular flexibility index (Phi) is 5.19. The van der Waals surface area contributed by atoms with Crippen LogP contribution in [0.4, 0.5) is 15.8 Å². The van der Waals surface area contributed by atoms with Crippen LogP contribution in [-0.4, -0.2) is 11.8 Å². The van der Waals surface area contributed by atoms with Crippen molar-refractivity contribution in [2.45, 2.75) is 27.7 Å². The molecule has 0 unspecified atom stereocenters. The molecule has 0 spiro atoms. The second kappa shape index (κ2) is 7.84. The van der Waals surface area contributed by atoms with Crippen molar-refractivity contribution in [1.82, 2.24) is 0 Å². The third-order valence-corrected chi connectivity index (χ3v) is 5.69. The SMILES string of the molecule is Cc1ccc(C)c(N2C(=O)C(Nc3cccc(C)c3C)=C(c3ccc(F)cc3)C2=O)c1. The number of aryl methyl sites for hydroxylation is 3. The van der Waals surface area contributed by atoms with Gasteiger partial charge in [0.25, 0.3) is 11.8 Å². The van der Waals surface area contributed by atoms with Crippen molar-refractivity contribution < 1.29 is 14.0 Å². The highest BCUT2D eigenvalue weighted by Gasteiger charge is 2.41. The number of nitrogens with zero attached hydrogens (tertiary/aromatic N) is 1. The van der Waals surface area contributed by atoms with Crippen LogP contribution in [0.25, 0.3) is 5.57 Å². The molecule has 3 aromatic rings.